The van der Waals surface area contributed by atoms with Crippen molar-refractivity contribution in [2.45, 2.75) is 46.3 Å². The number of rotatable bonds is 3. The molecule has 0 heterocycles. The van der Waals surface area contributed by atoms with Gasteiger partial charge in [0.2, 0.25) is 0 Å². The van der Waals surface area contributed by atoms with Crippen molar-refractivity contribution in [2.75, 3.05) is 6.61 Å². The molecule has 3 nitrogen and oxygen atoms in total. The van der Waals surface area contributed by atoms with Crippen LogP contribution >= 0.6 is 0 Å². The van der Waals surface area contributed by atoms with Gasteiger partial charge in [-0.25, -0.2) is 4.79 Å². The number of ether oxygens (including phenoxy) is 2. The van der Waals surface area contributed by atoms with Crippen LogP contribution in [0.25, 0.3) is 0 Å². The first-order valence-corrected chi connectivity index (χ1v) is 4.15. The Hall–Kier alpha value is -0.570. The van der Waals surface area contributed by atoms with Gasteiger partial charge in [-0.2, -0.15) is 0 Å². The van der Waals surface area contributed by atoms with Crippen molar-refractivity contribution in [1.82, 2.24) is 0 Å². The molecule has 0 amide bonds. The fourth-order valence-corrected chi connectivity index (χ4v) is 0.606. The lowest BCUT2D eigenvalue weighted by Gasteiger charge is -2.19. The molecule has 0 aliphatic heterocycles. The van der Waals surface area contributed by atoms with Crippen LogP contribution in [0.2, 0.25) is 0 Å². The van der Waals surface area contributed by atoms with Gasteiger partial charge in [0.05, 0.1) is 6.10 Å². The van der Waals surface area contributed by atoms with E-state index in [-0.39, 0.29) is 18.7 Å². The van der Waals surface area contributed by atoms with Gasteiger partial charge >= 0.3 is 5.97 Å². The largest absolute Gasteiger partial charge is 0.458 e. The van der Waals surface area contributed by atoms with E-state index < -0.39 is 5.60 Å². The van der Waals surface area contributed by atoms with E-state index in [1.165, 1.54) is 0 Å². The Kier molecular flexibility index (Phi) is 4.24. The monoisotopic (exact) mass is 174 g/mol. The van der Waals surface area contributed by atoms with E-state index in [1.807, 2.05) is 34.6 Å². The molecular formula is C9H18O3. The number of esters is 1. The third kappa shape index (κ3) is 7.54. The van der Waals surface area contributed by atoms with Crippen LogP contribution in [0.15, 0.2) is 0 Å². The summed E-state index contributed by atoms with van der Waals surface area (Å²) in [6, 6.07) is 0. The number of carbonyl (C=O) groups excluding carboxylic acids is 1. The Morgan fingerprint density at radius 1 is 1.33 bits per heavy atom. The van der Waals surface area contributed by atoms with Gasteiger partial charge in [-0.3, -0.25) is 0 Å². The van der Waals surface area contributed by atoms with Crippen LogP contribution in [0, 0.1) is 0 Å². The molecule has 0 aromatic rings. The smallest absolute Gasteiger partial charge is 0.332 e. The zero-order valence-corrected chi connectivity index (χ0v) is 8.51. The molecule has 0 fully saturated rings. The minimum absolute atomic E-state index is 0.0366. The molecule has 0 N–H and O–H groups in total. The summed E-state index contributed by atoms with van der Waals surface area (Å²) < 4.78 is 10.1. The van der Waals surface area contributed by atoms with Gasteiger partial charge in [-0.05, 0) is 34.6 Å². The highest BCUT2D eigenvalue weighted by atomic mass is 16.6. The molecule has 0 aromatic heterocycles. The molecule has 12 heavy (non-hydrogen) atoms. The Balaban J connectivity index is 3.61. The van der Waals surface area contributed by atoms with Crippen molar-refractivity contribution in [1.29, 1.82) is 0 Å². The molecule has 0 spiro atoms. The maximum Gasteiger partial charge on any atom is 0.332 e. The predicted octanol–water partition coefficient (Wildman–Crippen LogP) is 1.75. The normalized spacial score (nSPS) is 11.8. The fourth-order valence-electron chi connectivity index (χ4n) is 0.606. The highest BCUT2D eigenvalue weighted by molar-refractivity contribution is 5.71. The van der Waals surface area contributed by atoms with Gasteiger partial charge in [0.25, 0.3) is 0 Å². The first kappa shape index (κ1) is 11.4. The molecule has 0 saturated carbocycles. The van der Waals surface area contributed by atoms with E-state index in [2.05, 4.69) is 0 Å². The third-order valence-corrected chi connectivity index (χ3v) is 0.955. The van der Waals surface area contributed by atoms with Crippen LogP contribution in [0.5, 0.6) is 0 Å². The Morgan fingerprint density at radius 3 is 2.17 bits per heavy atom. The molecule has 0 aromatic carbocycles. The molecule has 0 radical (unpaired) electrons. The summed E-state index contributed by atoms with van der Waals surface area (Å²) in [7, 11) is 0. The predicted molar refractivity (Wildman–Crippen MR) is 46.9 cm³/mol. The van der Waals surface area contributed by atoms with Crippen LogP contribution in [0.3, 0.4) is 0 Å². The van der Waals surface area contributed by atoms with E-state index in [9.17, 15) is 4.79 Å². The lowest BCUT2D eigenvalue weighted by Crippen LogP contribution is -2.27. The average Bonchev–Trinajstić information content (AvgIpc) is 1.79. The SMILES string of the molecule is CC(C)OCC(=O)OC(C)(C)C. The Bertz CT molecular complexity index is 144. The van der Waals surface area contributed by atoms with Crippen LogP contribution < -0.4 is 0 Å². The standard InChI is InChI=1S/C9H18O3/c1-7(2)11-6-8(10)12-9(3,4)5/h7H,6H2,1-5H3. The fraction of sp³-hybridized carbons (Fsp3) is 0.889. The molecule has 0 bridgehead atoms. The molecule has 0 rings (SSSR count). The second kappa shape index (κ2) is 4.45. The zero-order valence-electron chi connectivity index (χ0n) is 8.51. The van der Waals surface area contributed by atoms with Gasteiger partial charge in [-0.1, -0.05) is 0 Å². The first-order valence-electron chi connectivity index (χ1n) is 4.15. The van der Waals surface area contributed by atoms with Crippen LogP contribution in [0.1, 0.15) is 34.6 Å². The second-order valence-electron chi connectivity index (χ2n) is 3.95. The Labute approximate surface area is 74.0 Å². The van der Waals surface area contributed by atoms with E-state index in [4.69, 9.17) is 9.47 Å². The summed E-state index contributed by atoms with van der Waals surface area (Å²) in [6.45, 7) is 9.30. The molecule has 0 unspecified atom stereocenters. The quantitative estimate of drug-likeness (QED) is 0.611. The summed E-state index contributed by atoms with van der Waals surface area (Å²) in [5, 5.41) is 0. The van der Waals surface area contributed by atoms with Crippen LogP contribution in [-0.4, -0.2) is 24.3 Å². The van der Waals surface area contributed by atoms with Crippen molar-refractivity contribution in [3.8, 4) is 0 Å². The van der Waals surface area contributed by atoms with E-state index in [1.54, 1.807) is 0 Å². The van der Waals surface area contributed by atoms with Gasteiger partial charge < -0.3 is 9.47 Å². The summed E-state index contributed by atoms with van der Waals surface area (Å²) >= 11 is 0. The van der Waals surface area contributed by atoms with Crippen molar-refractivity contribution < 1.29 is 14.3 Å². The topological polar surface area (TPSA) is 35.5 Å². The molecule has 0 saturated heterocycles. The maximum atomic E-state index is 11.0. The van der Waals surface area contributed by atoms with Crippen molar-refractivity contribution in [3.05, 3.63) is 0 Å². The molecular weight excluding hydrogens is 156 g/mol. The molecule has 3 heteroatoms. The molecule has 0 aliphatic carbocycles. The van der Waals surface area contributed by atoms with Gasteiger partial charge in [0, 0.05) is 0 Å². The summed E-state index contributed by atoms with van der Waals surface area (Å²) in [5.41, 5.74) is -0.419. The lowest BCUT2D eigenvalue weighted by atomic mass is 10.2. The van der Waals surface area contributed by atoms with Gasteiger partial charge in [-0.15, -0.1) is 0 Å². The molecule has 0 atom stereocenters. The highest BCUT2D eigenvalue weighted by Crippen LogP contribution is 2.06. The number of hydrogen-bond donors (Lipinski definition) is 0. The lowest BCUT2D eigenvalue weighted by molar-refractivity contribution is -0.161. The number of hydrogen-bond acceptors (Lipinski definition) is 3. The van der Waals surface area contributed by atoms with Gasteiger partial charge in [0.1, 0.15) is 12.2 Å². The highest BCUT2D eigenvalue weighted by Gasteiger charge is 2.16. The molecule has 72 valence electrons. The van der Waals surface area contributed by atoms with Crippen molar-refractivity contribution in [3.63, 3.8) is 0 Å². The second-order valence-corrected chi connectivity index (χ2v) is 3.95. The summed E-state index contributed by atoms with van der Waals surface area (Å²) in [6.07, 6.45) is 0.0671. The van der Waals surface area contributed by atoms with Crippen molar-refractivity contribution in [2.24, 2.45) is 0 Å². The summed E-state index contributed by atoms with van der Waals surface area (Å²) in [4.78, 5) is 11.0. The van der Waals surface area contributed by atoms with E-state index >= 15 is 0 Å². The van der Waals surface area contributed by atoms with E-state index in [0.29, 0.717) is 0 Å². The average molecular weight is 174 g/mol. The minimum atomic E-state index is -0.419. The zero-order chi connectivity index (χ0) is 9.78. The molecule has 0 aliphatic rings. The summed E-state index contributed by atoms with van der Waals surface area (Å²) in [5.74, 6) is -0.309. The van der Waals surface area contributed by atoms with Crippen LogP contribution in [0.4, 0.5) is 0 Å². The number of carbonyl (C=O) groups is 1. The van der Waals surface area contributed by atoms with E-state index in [0.717, 1.165) is 0 Å². The van der Waals surface area contributed by atoms with Gasteiger partial charge in [0.15, 0.2) is 0 Å². The maximum absolute atomic E-state index is 11.0. The minimum Gasteiger partial charge on any atom is -0.458 e. The first-order chi connectivity index (χ1) is 5.31. The van der Waals surface area contributed by atoms with Crippen molar-refractivity contribution >= 4 is 5.97 Å². The third-order valence-electron chi connectivity index (χ3n) is 0.955. The Morgan fingerprint density at radius 2 is 1.83 bits per heavy atom. The van der Waals surface area contributed by atoms with Crippen LogP contribution in [-0.2, 0) is 14.3 Å².